The second-order valence-corrected chi connectivity index (χ2v) is 4.27. The van der Waals surface area contributed by atoms with Crippen molar-refractivity contribution in [3.05, 3.63) is 22.6 Å². The number of hydrogen-bond donors (Lipinski definition) is 2. The van der Waals surface area contributed by atoms with Crippen LogP contribution in [0.2, 0.25) is 0 Å². The number of rotatable bonds is 3. The zero-order valence-electron chi connectivity index (χ0n) is 8.33. The number of halogens is 1. The number of nitrogens with one attached hydrogen (secondary N) is 1. The van der Waals surface area contributed by atoms with Crippen molar-refractivity contribution >= 4 is 27.7 Å². The van der Waals surface area contributed by atoms with Crippen LogP contribution in [0, 0.1) is 0 Å². The van der Waals surface area contributed by atoms with E-state index in [-0.39, 0.29) is 0 Å². The smallest absolute Gasteiger partial charge is 0.256 e. The van der Waals surface area contributed by atoms with Crippen LogP contribution >= 0.6 is 15.9 Å². The van der Waals surface area contributed by atoms with Crippen LogP contribution in [-0.2, 0) is 4.79 Å². The average molecular weight is 275 g/mol. The van der Waals surface area contributed by atoms with E-state index in [9.17, 15) is 9.59 Å². The highest BCUT2D eigenvalue weighted by Gasteiger charge is 2.28. The summed E-state index contributed by atoms with van der Waals surface area (Å²) in [5.41, 5.74) is 4.36. The van der Waals surface area contributed by atoms with Gasteiger partial charge in [0.1, 0.15) is 5.54 Å². The summed E-state index contributed by atoms with van der Waals surface area (Å²) in [6, 6.07) is 1.50. The zero-order chi connectivity index (χ0) is 11.6. The molecule has 1 rings (SSSR count). The predicted molar refractivity (Wildman–Crippen MR) is 57.1 cm³/mol. The standard InChI is InChI=1S/C9H11BrN2O3/c1-9(2,8(11)14)12-7(13)5-3-4-15-6(5)10/h3-4H,1-2H3,(H2,11,14)(H,12,13). The molecule has 1 aromatic heterocycles. The van der Waals surface area contributed by atoms with E-state index in [0.717, 1.165) is 0 Å². The fraction of sp³-hybridized carbons (Fsp3) is 0.333. The number of carbonyl (C=O) groups is 2. The van der Waals surface area contributed by atoms with Crippen molar-refractivity contribution in [1.29, 1.82) is 0 Å². The van der Waals surface area contributed by atoms with Gasteiger partial charge in [-0.1, -0.05) is 0 Å². The molecule has 0 fully saturated rings. The summed E-state index contributed by atoms with van der Waals surface area (Å²) < 4.78 is 5.22. The van der Waals surface area contributed by atoms with Crippen LogP contribution in [-0.4, -0.2) is 17.4 Å². The van der Waals surface area contributed by atoms with Crippen LogP contribution in [0.1, 0.15) is 24.2 Å². The number of nitrogens with two attached hydrogens (primary N) is 1. The molecule has 1 aromatic rings. The van der Waals surface area contributed by atoms with Crippen LogP contribution in [0.5, 0.6) is 0 Å². The molecule has 3 N–H and O–H groups in total. The van der Waals surface area contributed by atoms with Crippen molar-refractivity contribution in [3.63, 3.8) is 0 Å². The van der Waals surface area contributed by atoms with Crippen molar-refractivity contribution in [2.24, 2.45) is 5.73 Å². The maximum atomic E-state index is 11.6. The normalized spacial score (nSPS) is 11.1. The Morgan fingerprint density at radius 3 is 2.53 bits per heavy atom. The Balaban J connectivity index is 2.81. The minimum absolute atomic E-state index is 0.320. The number of furan rings is 1. The molecule has 0 saturated carbocycles. The molecule has 15 heavy (non-hydrogen) atoms. The van der Waals surface area contributed by atoms with E-state index >= 15 is 0 Å². The molecule has 82 valence electrons. The van der Waals surface area contributed by atoms with Gasteiger partial charge in [-0.15, -0.1) is 0 Å². The van der Waals surface area contributed by atoms with Gasteiger partial charge in [0, 0.05) is 0 Å². The summed E-state index contributed by atoms with van der Waals surface area (Å²) in [5.74, 6) is -1.02. The number of primary amides is 1. The number of hydrogen-bond acceptors (Lipinski definition) is 3. The van der Waals surface area contributed by atoms with Crippen LogP contribution in [0.3, 0.4) is 0 Å². The minimum Gasteiger partial charge on any atom is -0.457 e. The first kappa shape index (κ1) is 11.8. The first-order valence-corrected chi connectivity index (χ1v) is 4.99. The van der Waals surface area contributed by atoms with Gasteiger partial charge < -0.3 is 15.5 Å². The summed E-state index contributed by atoms with van der Waals surface area (Å²) in [7, 11) is 0. The second kappa shape index (κ2) is 4.06. The van der Waals surface area contributed by atoms with Gasteiger partial charge in [0.15, 0.2) is 4.67 Å². The molecule has 1 heterocycles. The van der Waals surface area contributed by atoms with Gasteiger partial charge in [-0.2, -0.15) is 0 Å². The van der Waals surface area contributed by atoms with Crippen molar-refractivity contribution in [3.8, 4) is 0 Å². The van der Waals surface area contributed by atoms with Crippen LogP contribution < -0.4 is 11.1 Å². The summed E-state index contributed by atoms with van der Waals surface area (Å²) >= 11 is 3.07. The molecule has 0 aromatic carbocycles. The third kappa shape index (κ3) is 2.59. The highest BCUT2D eigenvalue weighted by molar-refractivity contribution is 9.10. The Kier molecular flexibility index (Phi) is 3.18. The molecule has 0 spiro atoms. The number of carbonyl (C=O) groups excluding carboxylic acids is 2. The third-order valence-corrected chi connectivity index (χ3v) is 2.52. The van der Waals surface area contributed by atoms with Gasteiger partial charge in [0.2, 0.25) is 5.91 Å². The second-order valence-electron chi connectivity index (χ2n) is 3.55. The Hall–Kier alpha value is -1.30. The Morgan fingerprint density at radius 2 is 2.13 bits per heavy atom. The van der Waals surface area contributed by atoms with Gasteiger partial charge >= 0.3 is 0 Å². The lowest BCUT2D eigenvalue weighted by molar-refractivity contribution is -0.122. The summed E-state index contributed by atoms with van der Waals surface area (Å²) in [6.07, 6.45) is 1.37. The molecule has 0 aliphatic carbocycles. The fourth-order valence-corrected chi connectivity index (χ4v) is 1.29. The van der Waals surface area contributed by atoms with Gasteiger partial charge in [0.05, 0.1) is 11.8 Å². The number of amides is 2. The van der Waals surface area contributed by atoms with E-state index < -0.39 is 17.4 Å². The molecular formula is C9H11BrN2O3. The predicted octanol–water partition coefficient (Wildman–Crippen LogP) is 1.04. The van der Waals surface area contributed by atoms with Gasteiger partial charge in [-0.3, -0.25) is 9.59 Å². The third-order valence-electron chi connectivity index (χ3n) is 1.90. The van der Waals surface area contributed by atoms with Crippen molar-refractivity contribution < 1.29 is 14.0 Å². The largest absolute Gasteiger partial charge is 0.457 e. The van der Waals surface area contributed by atoms with E-state index in [1.165, 1.54) is 26.2 Å². The summed E-state index contributed by atoms with van der Waals surface area (Å²) in [5, 5.41) is 2.50. The minimum atomic E-state index is -1.09. The quantitative estimate of drug-likeness (QED) is 0.864. The molecular weight excluding hydrogens is 264 g/mol. The van der Waals surface area contributed by atoms with E-state index in [1.807, 2.05) is 0 Å². The Morgan fingerprint density at radius 1 is 1.53 bits per heavy atom. The topological polar surface area (TPSA) is 85.3 Å². The lowest BCUT2D eigenvalue weighted by atomic mass is 10.0. The van der Waals surface area contributed by atoms with Gasteiger partial charge in [-0.25, -0.2) is 0 Å². The molecule has 0 bridgehead atoms. The first-order chi connectivity index (χ1) is 6.84. The zero-order valence-corrected chi connectivity index (χ0v) is 9.92. The molecule has 0 atom stereocenters. The van der Waals surface area contributed by atoms with Gasteiger partial charge in [0.25, 0.3) is 5.91 Å². The molecule has 0 saturated heterocycles. The van der Waals surface area contributed by atoms with Crippen LogP contribution in [0.15, 0.2) is 21.4 Å². The molecule has 0 unspecified atom stereocenters. The fourth-order valence-electron chi connectivity index (χ4n) is 0.869. The van der Waals surface area contributed by atoms with Gasteiger partial charge in [-0.05, 0) is 35.8 Å². The molecule has 5 nitrogen and oxygen atoms in total. The maximum Gasteiger partial charge on any atom is 0.256 e. The summed E-state index contributed by atoms with van der Waals surface area (Å²) in [6.45, 7) is 3.06. The Labute approximate surface area is 95.1 Å². The molecule has 0 aliphatic heterocycles. The first-order valence-electron chi connectivity index (χ1n) is 4.20. The van der Waals surface area contributed by atoms with E-state index in [4.69, 9.17) is 10.2 Å². The average Bonchev–Trinajstić information content (AvgIpc) is 2.50. The highest BCUT2D eigenvalue weighted by Crippen LogP contribution is 2.18. The lowest BCUT2D eigenvalue weighted by Crippen LogP contribution is -2.52. The van der Waals surface area contributed by atoms with E-state index in [0.29, 0.717) is 10.2 Å². The monoisotopic (exact) mass is 274 g/mol. The molecule has 0 aliphatic rings. The van der Waals surface area contributed by atoms with Crippen LogP contribution in [0.4, 0.5) is 0 Å². The van der Waals surface area contributed by atoms with Crippen molar-refractivity contribution in [2.45, 2.75) is 19.4 Å². The highest BCUT2D eigenvalue weighted by atomic mass is 79.9. The molecule has 0 radical (unpaired) electrons. The van der Waals surface area contributed by atoms with Crippen molar-refractivity contribution in [2.75, 3.05) is 0 Å². The van der Waals surface area contributed by atoms with Crippen molar-refractivity contribution in [1.82, 2.24) is 5.32 Å². The van der Waals surface area contributed by atoms with Crippen LogP contribution in [0.25, 0.3) is 0 Å². The summed E-state index contributed by atoms with van der Waals surface area (Å²) in [4.78, 5) is 22.6. The Bertz CT molecular complexity index is 398. The molecule has 2 amide bonds. The van der Waals surface area contributed by atoms with E-state index in [1.54, 1.807) is 0 Å². The molecule has 6 heteroatoms. The lowest BCUT2D eigenvalue weighted by Gasteiger charge is -2.21. The maximum absolute atomic E-state index is 11.6. The SMILES string of the molecule is CC(C)(NC(=O)c1ccoc1Br)C(N)=O. The van der Waals surface area contributed by atoms with E-state index in [2.05, 4.69) is 21.2 Å².